The van der Waals surface area contributed by atoms with Gasteiger partial charge in [-0.1, -0.05) is 5.16 Å². The molecule has 22 heavy (non-hydrogen) atoms. The number of aromatic nitrogens is 3. The first kappa shape index (κ1) is 14.8. The molecule has 1 amide bonds. The molecule has 2 aromatic heterocycles. The second-order valence-corrected chi connectivity index (χ2v) is 6.02. The van der Waals surface area contributed by atoms with Gasteiger partial charge in [-0.15, -0.1) is 0 Å². The van der Waals surface area contributed by atoms with Crippen molar-refractivity contribution >= 4 is 5.91 Å². The van der Waals surface area contributed by atoms with Crippen molar-refractivity contribution in [3.05, 3.63) is 35.5 Å². The molecular weight excluding hydrogens is 280 g/mol. The van der Waals surface area contributed by atoms with Crippen LogP contribution >= 0.6 is 0 Å². The zero-order valence-corrected chi connectivity index (χ0v) is 13.3. The maximum Gasteiger partial charge on any atom is 0.230 e. The maximum atomic E-state index is 12.9. The third-order valence-electron chi connectivity index (χ3n) is 4.51. The van der Waals surface area contributed by atoms with E-state index in [1.54, 1.807) is 6.20 Å². The van der Waals surface area contributed by atoms with Crippen LogP contribution in [0.15, 0.2) is 23.0 Å². The van der Waals surface area contributed by atoms with Gasteiger partial charge in [0, 0.05) is 24.5 Å². The van der Waals surface area contributed by atoms with Crippen LogP contribution in [0.3, 0.4) is 0 Å². The minimum atomic E-state index is -0.218. The SMILES string of the molecule is Cc1noc(C)c1[C@@H](C)C(=O)N1CCC[C@H]1Cn1cccn1. The molecule has 0 bridgehead atoms. The van der Waals surface area contributed by atoms with Crippen LogP contribution in [0.5, 0.6) is 0 Å². The van der Waals surface area contributed by atoms with Gasteiger partial charge in [-0.3, -0.25) is 9.48 Å². The molecule has 0 unspecified atom stereocenters. The number of nitrogens with zero attached hydrogens (tertiary/aromatic N) is 4. The minimum absolute atomic E-state index is 0.157. The lowest BCUT2D eigenvalue weighted by molar-refractivity contribution is -0.133. The van der Waals surface area contributed by atoms with E-state index in [0.29, 0.717) is 0 Å². The summed E-state index contributed by atoms with van der Waals surface area (Å²) in [6.45, 7) is 7.27. The normalized spacial score (nSPS) is 19.6. The average molecular weight is 302 g/mol. The molecule has 1 fully saturated rings. The van der Waals surface area contributed by atoms with Gasteiger partial charge in [0.05, 0.1) is 24.2 Å². The smallest absolute Gasteiger partial charge is 0.230 e. The Balaban J connectivity index is 1.75. The molecule has 0 aliphatic carbocycles. The summed E-state index contributed by atoms with van der Waals surface area (Å²) < 4.78 is 7.11. The van der Waals surface area contributed by atoms with E-state index in [1.165, 1.54) is 0 Å². The van der Waals surface area contributed by atoms with Crippen LogP contribution in [0, 0.1) is 13.8 Å². The number of rotatable bonds is 4. The Hall–Kier alpha value is -2.11. The molecule has 2 aromatic rings. The van der Waals surface area contributed by atoms with Gasteiger partial charge in [0.25, 0.3) is 0 Å². The van der Waals surface area contributed by atoms with Gasteiger partial charge >= 0.3 is 0 Å². The van der Waals surface area contributed by atoms with Gasteiger partial charge in [0.15, 0.2) is 0 Å². The van der Waals surface area contributed by atoms with Crippen LogP contribution in [0.25, 0.3) is 0 Å². The van der Waals surface area contributed by atoms with Crippen LogP contribution in [-0.4, -0.2) is 38.3 Å². The van der Waals surface area contributed by atoms with Gasteiger partial charge in [0.1, 0.15) is 5.76 Å². The van der Waals surface area contributed by atoms with Crippen LogP contribution < -0.4 is 0 Å². The largest absolute Gasteiger partial charge is 0.361 e. The molecule has 0 radical (unpaired) electrons. The first-order chi connectivity index (χ1) is 10.6. The number of aryl methyl sites for hydroxylation is 2. The van der Waals surface area contributed by atoms with E-state index in [9.17, 15) is 4.79 Å². The number of amides is 1. The quantitative estimate of drug-likeness (QED) is 0.869. The van der Waals surface area contributed by atoms with Gasteiger partial charge in [-0.25, -0.2) is 0 Å². The Kier molecular flexibility index (Phi) is 4.00. The summed E-state index contributed by atoms with van der Waals surface area (Å²) in [6, 6.07) is 2.13. The topological polar surface area (TPSA) is 64.2 Å². The standard InChI is InChI=1S/C16H22N4O2/c1-11(15-12(2)18-22-13(15)3)16(21)20-9-4-6-14(20)10-19-8-5-7-17-19/h5,7-8,11,14H,4,6,9-10H2,1-3H3/t11-,14+/m1/s1. The maximum absolute atomic E-state index is 12.9. The highest BCUT2D eigenvalue weighted by molar-refractivity contribution is 5.84. The van der Waals surface area contributed by atoms with Gasteiger partial charge < -0.3 is 9.42 Å². The summed E-state index contributed by atoms with van der Waals surface area (Å²) in [5, 5.41) is 8.22. The monoisotopic (exact) mass is 302 g/mol. The Bertz CT molecular complexity index is 628. The highest BCUT2D eigenvalue weighted by Gasteiger charge is 2.34. The van der Waals surface area contributed by atoms with Crippen molar-refractivity contribution in [2.45, 2.75) is 52.1 Å². The molecule has 0 saturated carbocycles. The second kappa shape index (κ2) is 5.94. The van der Waals surface area contributed by atoms with Crippen molar-refractivity contribution < 1.29 is 9.32 Å². The summed E-state index contributed by atoms with van der Waals surface area (Å²) in [5.41, 5.74) is 1.73. The first-order valence-electron chi connectivity index (χ1n) is 7.78. The number of carbonyl (C=O) groups is 1. The molecule has 1 saturated heterocycles. The van der Waals surface area contributed by atoms with Gasteiger partial charge in [-0.05, 0) is 39.7 Å². The molecule has 3 rings (SSSR count). The minimum Gasteiger partial charge on any atom is -0.361 e. The van der Waals surface area contributed by atoms with E-state index in [2.05, 4.69) is 10.3 Å². The molecule has 0 N–H and O–H groups in total. The number of likely N-dealkylation sites (tertiary alicyclic amines) is 1. The fourth-order valence-electron chi connectivity index (χ4n) is 3.42. The average Bonchev–Trinajstić information content (AvgIpc) is 3.21. The summed E-state index contributed by atoms with van der Waals surface area (Å²) >= 11 is 0. The van der Waals surface area contributed by atoms with E-state index in [-0.39, 0.29) is 17.9 Å². The summed E-state index contributed by atoms with van der Waals surface area (Å²) in [7, 11) is 0. The number of hydrogen-bond acceptors (Lipinski definition) is 4. The summed E-state index contributed by atoms with van der Waals surface area (Å²) in [4.78, 5) is 14.9. The van der Waals surface area contributed by atoms with Crippen LogP contribution in [0.1, 0.15) is 42.7 Å². The molecular formula is C16H22N4O2. The fraction of sp³-hybridized carbons (Fsp3) is 0.562. The molecule has 2 atom stereocenters. The molecule has 0 aromatic carbocycles. The summed E-state index contributed by atoms with van der Waals surface area (Å²) in [6.07, 6.45) is 5.79. The van der Waals surface area contributed by atoms with Crippen molar-refractivity contribution in [3.8, 4) is 0 Å². The van der Waals surface area contributed by atoms with Gasteiger partial charge in [-0.2, -0.15) is 5.10 Å². The molecule has 118 valence electrons. The third kappa shape index (κ3) is 2.65. The molecule has 6 heteroatoms. The fourth-order valence-corrected chi connectivity index (χ4v) is 3.42. The van der Waals surface area contributed by atoms with E-state index in [0.717, 1.165) is 42.9 Å². The third-order valence-corrected chi connectivity index (χ3v) is 4.51. The van der Waals surface area contributed by atoms with Crippen molar-refractivity contribution in [3.63, 3.8) is 0 Å². The predicted octanol–water partition coefficient (Wildman–Crippen LogP) is 2.28. The Labute approximate surface area is 130 Å². The molecule has 1 aliphatic heterocycles. The second-order valence-electron chi connectivity index (χ2n) is 6.02. The van der Waals surface area contributed by atoms with E-state index < -0.39 is 0 Å². The Morgan fingerprint density at radius 2 is 2.32 bits per heavy atom. The highest BCUT2D eigenvalue weighted by Crippen LogP contribution is 2.28. The number of carbonyl (C=O) groups excluding carboxylic acids is 1. The molecule has 6 nitrogen and oxygen atoms in total. The van der Waals surface area contributed by atoms with Crippen LogP contribution in [0.4, 0.5) is 0 Å². The zero-order valence-electron chi connectivity index (χ0n) is 13.3. The van der Waals surface area contributed by atoms with Gasteiger partial charge in [0.2, 0.25) is 5.91 Å². The van der Waals surface area contributed by atoms with E-state index in [1.807, 2.05) is 42.6 Å². The van der Waals surface area contributed by atoms with Crippen molar-refractivity contribution in [1.82, 2.24) is 19.8 Å². The molecule has 0 spiro atoms. The predicted molar refractivity (Wildman–Crippen MR) is 81.4 cm³/mol. The van der Waals surface area contributed by atoms with Crippen molar-refractivity contribution in [1.29, 1.82) is 0 Å². The van der Waals surface area contributed by atoms with E-state index in [4.69, 9.17) is 4.52 Å². The lowest BCUT2D eigenvalue weighted by Crippen LogP contribution is -2.40. The molecule has 3 heterocycles. The van der Waals surface area contributed by atoms with Crippen molar-refractivity contribution in [2.75, 3.05) is 6.54 Å². The van der Waals surface area contributed by atoms with Crippen LogP contribution in [0.2, 0.25) is 0 Å². The Morgan fingerprint density at radius 3 is 2.95 bits per heavy atom. The van der Waals surface area contributed by atoms with E-state index >= 15 is 0 Å². The molecule has 1 aliphatic rings. The zero-order chi connectivity index (χ0) is 15.7. The first-order valence-corrected chi connectivity index (χ1v) is 7.78. The highest BCUT2D eigenvalue weighted by atomic mass is 16.5. The lowest BCUT2D eigenvalue weighted by Gasteiger charge is -2.27. The Morgan fingerprint density at radius 1 is 1.50 bits per heavy atom. The lowest BCUT2D eigenvalue weighted by atomic mass is 9.97. The van der Waals surface area contributed by atoms with Crippen molar-refractivity contribution in [2.24, 2.45) is 0 Å². The summed E-state index contributed by atoms with van der Waals surface area (Å²) in [5.74, 6) is 0.676. The van der Waals surface area contributed by atoms with Crippen LogP contribution in [-0.2, 0) is 11.3 Å². The number of hydrogen-bond donors (Lipinski definition) is 0.